The van der Waals surface area contributed by atoms with Crippen LogP contribution in [0.1, 0.15) is 226 Å². The van der Waals surface area contributed by atoms with Gasteiger partial charge in [-0.25, -0.2) is 0 Å². The molecule has 0 saturated heterocycles. The molecule has 0 N–H and O–H groups in total. The SMILES string of the molecule is CC(C)(C)C1=C2c3c(c4c(c5c3C3C5=C(C(C)(C)C)c5cccc6c(C(C)(C)C)ccc3c56)C3C4=C(C(C)(C)C)c4cccc5c(C(C)(C)C)ccc3c45)C2c2ccc(C(C)(C)C)c3cccc1c23. The van der Waals surface area contributed by atoms with Crippen LogP contribution < -0.4 is 0 Å². The molecule has 6 aliphatic carbocycles. The molecule has 0 nitrogen and oxygen atoms in total. The lowest BCUT2D eigenvalue weighted by molar-refractivity contribution is 0.562. The summed E-state index contributed by atoms with van der Waals surface area (Å²) < 4.78 is 0. The summed E-state index contributed by atoms with van der Waals surface area (Å²) in [5.74, 6) is 0.636. The van der Waals surface area contributed by atoms with E-state index >= 15 is 0 Å². The Morgan fingerprint density at radius 3 is 0.739 bits per heavy atom. The molecule has 7 aromatic rings. The van der Waals surface area contributed by atoms with E-state index in [0.717, 1.165) is 0 Å². The zero-order valence-electron chi connectivity index (χ0n) is 44.9. The van der Waals surface area contributed by atoms with Gasteiger partial charge < -0.3 is 0 Å². The van der Waals surface area contributed by atoms with Crippen molar-refractivity contribution in [2.24, 2.45) is 16.2 Å². The number of hydrogen-bond acceptors (Lipinski definition) is 0. The van der Waals surface area contributed by atoms with E-state index in [-0.39, 0.29) is 50.2 Å². The first-order valence-corrected chi connectivity index (χ1v) is 26.3. The Labute approximate surface area is 413 Å². The number of benzene rings is 7. The maximum atomic E-state index is 2.57. The van der Waals surface area contributed by atoms with Gasteiger partial charge in [-0.1, -0.05) is 216 Å². The second-order valence-electron chi connectivity index (χ2n) is 28.3. The van der Waals surface area contributed by atoms with E-state index in [2.05, 4.69) is 216 Å². The van der Waals surface area contributed by atoms with Crippen LogP contribution in [-0.2, 0) is 16.2 Å². The zero-order chi connectivity index (χ0) is 48.9. The molecule has 0 bridgehead atoms. The summed E-state index contributed by atoms with van der Waals surface area (Å²) >= 11 is 0. The van der Waals surface area contributed by atoms with Gasteiger partial charge in [0, 0.05) is 17.8 Å². The quantitative estimate of drug-likeness (QED) is 0.142. The lowest BCUT2D eigenvalue weighted by Crippen LogP contribution is -2.41. The molecular formula is C69H72. The molecule has 0 radical (unpaired) electrons. The minimum Gasteiger partial charge on any atom is -0.0610 e. The van der Waals surface area contributed by atoms with E-state index in [1.54, 1.807) is 66.8 Å². The van der Waals surface area contributed by atoms with Gasteiger partial charge >= 0.3 is 0 Å². The highest BCUT2D eigenvalue weighted by Crippen LogP contribution is 2.77. The van der Waals surface area contributed by atoms with E-state index in [4.69, 9.17) is 0 Å². The van der Waals surface area contributed by atoms with Gasteiger partial charge in [-0.05, 0) is 182 Å². The lowest BCUT2D eigenvalue weighted by atomic mass is 9.44. The Kier molecular flexibility index (Phi) is 8.14. The third-order valence-corrected chi connectivity index (χ3v) is 17.6. The van der Waals surface area contributed by atoms with Crippen LogP contribution in [0.15, 0.2) is 91.0 Å². The molecule has 6 aliphatic rings. The van der Waals surface area contributed by atoms with Crippen LogP contribution in [0.3, 0.4) is 0 Å². The van der Waals surface area contributed by atoms with Crippen LogP contribution in [0.25, 0.3) is 65.8 Å². The summed E-state index contributed by atoms with van der Waals surface area (Å²) in [7, 11) is 0. The first-order chi connectivity index (χ1) is 32.1. The predicted octanol–water partition coefficient (Wildman–Crippen LogP) is 19.3. The average molecular weight is 901 g/mol. The highest BCUT2D eigenvalue weighted by Gasteiger charge is 2.59. The smallest absolute Gasteiger partial charge is 0.0367 e. The van der Waals surface area contributed by atoms with Crippen LogP contribution in [0, 0.1) is 16.2 Å². The van der Waals surface area contributed by atoms with Crippen molar-refractivity contribution in [1.29, 1.82) is 0 Å². The van der Waals surface area contributed by atoms with E-state index in [1.807, 2.05) is 0 Å². The van der Waals surface area contributed by atoms with Crippen molar-refractivity contribution in [2.45, 2.75) is 159 Å². The Morgan fingerprint density at radius 2 is 0.522 bits per heavy atom. The molecule has 69 heavy (non-hydrogen) atoms. The van der Waals surface area contributed by atoms with Crippen LogP contribution in [0.2, 0.25) is 0 Å². The highest BCUT2D eigenvalue weighted by molar-refractivity contribution is 6.25. The summed E-state index contributed by atoms with van der Waals surface area (Å²) in [6.07, 6.45) is 0. The summed E-state index contributed by atoms with van der Waals surface area (Å²) in [6.45, 7) is 44.0. The number of hydrogen-bond donors (Lipinski definition) is 0. The highest BCUT2D eigenvalue weighted by atomic mass is 14.6. The molecule has 7 aromatic carbocycles. The van der Waals surface area contributed by atoms with Crippen molar-refractivity contribution in [1.82, 2.24) is 0 Å². The maximum absolute atomic E-state index is 2.57. The van der Waals surface area contributed by atoms with Gasteiger partial charge in [-0.3, -0.25) is 0 Å². The molecule has 13 rings (SSSR count). The molecule has 0 spiro atoms. The molecule has 0 amide bonds. The van der Waals surface area contributed by atoms with Crippen LogP contribution in [0.5, 0.6) is 0 Å². The van der Waals surface area contributed by atoms with Crippen molar-refractivity contribution in [3.8, 4) is 0 Å². The predicted molar refractivity (Wildman–Crippen MR) is 299 cm³/mol. The third kappa shape index (κ3) is 5.32. The van der Waals surface area contributed by atoms with Gasteiger partial charge in [0.15, 0.2) is 0 Å². The van der Waals surface area contributed by atoms with Crippen molar-refractivity contribution in [2.75, 3.05) is 0 Å². The fourth-order valence-corrected chi connectivity index (χ4v) is 15.4. The summed E-state index contributed by atoms with van der Waals surface area (Å²) in [4.78, 5) is 0. The molecule has 0 aliphatic heterocycles. The van der Waals surface area contributed by atoms with Gasteiger partial charge in [0.05, 0.1) is 0 Å². The Morgan fingerprint density at radius 1 is 0.275 bits per heavy atom. The van der Waals surface area contributed by atoms with Gasteiger partial charge in [0.2, 0.25) is 0 Å². The average Bonchev–Trinajstić information content (AvgIpc) is 3.21. The normalized spacial score (nSPS) is 20.0. The van der Waals surface area contributed by atoms with E-state index in [1.165, 1.54) is 82.4 Å². The van der Waals surface area contributed by atoms with Crippen molar-refractivity contribution in [3.05, 3.63) is 174 Å². The number of fused-ring (bicyclic) bond motifs is 18. The molecule has 0 saturated carbocycles. The minimum absolute atomic E-state index is 0.0227. The van der Waals surface area contributed by atoms with E-state index in [0.29, 0.717) is 0 Å². The number of allylic oxidation sites excluding steroid dienone is 6. The molecular weight excluding hydrogens is 829 g/mol. The Bertz CT molecular complexity index is 3280. The number of rotatable bonds is 0. The van der Waals surface area contributed by atoms with Gasteiger partial charge in [-0.15, -0.1) is 0 Å². The second-order valence-corrected chi connectivity index (χ2v) is 28.3. The van der Waals surface area contributed by atoms with Gasteiger partial charge in [0.25, 0.3) is 0 Å². The Hall–Kier alpha value is -5.46. The summed E-state index contributed by atoms with van der Waals surface area (Å²) in [6, 6.07) is 37.0. The zero-order valence-corrected chi connectivity index (χ0v) is 44.9. The van der Waals surface area contributed by atoms with E-state index < -0.39 is 0 Å². The molecule has 3 atom stereocenters. The van der Waals surface area contributed by atoms with Crippen LogP contribution in [-0.4, -0.2) is 0 Å². The summed E-state index contributed by atoms with van der Waals surface area (Å²) in [5.41, 5.74) is 32.1. The fourth-order valence-electron chi connectivity index (χ4n) is 15.4. The Balaban J connectivity index is 1.24. The van der Waals surface area contributed by atoms with Crippen molar-refractivity contribution < 1.29 is 0 Å². The molecule has 348 valence electrons. The van der Waals surface area contributed by atoms with Gasteiger partial charge in [-0.2, -0.15) is 0 Å². The third-order valence-electron chi connectivity index (χ3n) is 17.6. The van der Waals surface area contributed by atoms with Crippen molar-refractivity contribution in [3.63, 3.8) is 0 Å². The molecule has 0 heteroatoms. The van der Waals surface area contributed by atoms with Gasteiger partial charge in [0.1, 0.15) is 0 Å². The second kappa shape index (κ2) is 12.9. The standard InChI is InChI=1S/C69H72/c1-64(2,3)43-31-28-37-46-34(43)22-19-25-40(46)61(67(10,11)12)58-49(37)52-55(58)53-50-38-29-32-44(65(4,5)6)35-24-21-27-42(47(35)38)63(69(16,17)18)60(50)57(53)54-51-39-30-33-45(66(7,8)9)36-23-20-26-41(48(36)39)62(68(13,14)15)59(51)56(52)54/h19-33,49-51H,1-18H3. The molecule has 3 unspecified atom stereocenters. The van der Waals surface area contributed by atoms with Crippen LogP contribution >= 0.6 is 0 Å². The minimum atomic E-state index is -0.0762. The monoisotopic (exact) mass is 901 g/mol. The molecule has 0 aromatic heterocycles. The van der Waals surface area contributed by atoms with Crippen LogP contribution in [0.4, 0.5) is 0 Å². The maximum Gasteiger partial charge on any atom is 0.0367 e. The first kappa shape index (κ1) is 43.6. The molecule has 0 fully saturated rings. The summed E-state index contributed by atoms with van der Waals surface area (Å²) in [5, 5.41) is 8.76. The largest absolute Gasteiger partial charge is 0.0610 e. The molecule has 0 heterocycles. The van der Waals surface area contributed by atoms with E-state index in [9.17, 15) is 0 Å². The fraction of sp³-hybridized carbons (Fsp3) is 0.391. The topological polar surface area (TPSA) is 0 Å². The lowest BCUT2D eigenvalue weighted by Gasteiger charge is -2.58. The van der Waals surface area contributed by atoms with Crippen molar-refractivity contribution >= 4 is 65.8 Å². The first-order valence-electron chi connectivity index (χ1n) is 26.3.